The zero-order chi connectivity index (χ0) is 11.2. The Bertz CT molecular complexity index is 409. The van der Waals surface area contributed by atoms with Gasteiger partial charge in [0.05, 0.1) is 0 Å². The number of halogens is 1. The third kappa shape index (κ3) is 1.88. The van der Waals surface area contributed by atoms with E-state index in [0.29, 0.717) is 11.5 Å². The maximum Gasteiger partial charge on any atom is 0.123 e. The Balaban J connectivity index is 1.71. The summed E-state index contributed by atoms with van der Waals surface area (Å²) in [5, 5.41) is 1.13. The van der Waals surface area contributed by atoms with E-state index in [0.717, 1.165) is 17.5 Å². The van der Waals surface area contributed by atoms with Gasteiger partial charge in [0.2, 0.25) is 0 Å². The van der Waals surface area contributed by atoms with Crippen LogP contribution in [0.1, 0.15) is 30.4 Å². The first kappa shape index (κ1) is 10.6. The Morgan fingerprint density at radius 1 is 1.44 bits per heavy atom. The quantitative estimate of drug-likeness (QED) is 0.764. The summed E-state index contributed by atoms with van der Waals surface area (Å²) in [4.78, 5) is 0. The van der Waals surface area contributed by atoms with Crippen LogP contribution in [-0.4, -0.2) is 11.4 Å². The molecular formula is C14H17BrO. The van der Waals surface area contributed by atoms with Gasteiger partial charge in [0.15, 0.2) is 0 Å². The van der Waals surface area contributed by atoms with Gasteiger partial charge in [0.1, 0.15) is 11.9 Å². The molecule has 0 bridgehead atoms. The van der Waals surface area contributed by atoms with E-state index < -0.39 is 0 Å². The summed E-state index contributed by atoms with van der Waals surface area (Å²) in [6.45, 7) is 2.15. The molecule has 86 valence electrons. The molecule has 1 nitrogen and oxygen atoms in total. The van der Waals surface area contributed by atoms with Crippen LogP contribution in [0.3, 0.4) is 0 Å². The van der Waals surface area contributed by atoms with Crippen LogP contribution < -0.4 is 4.74 Å². The maximum absolute atomic E-state index is 6.02. The van der Waals surface area contributed by atoms with Crippen molar-refractivity contribution in [2.24, 2.45) is 5.41 Å². The Morgan fingerprint density at radius 2 is 2.25 bits per heavy atom. The van der Waals surface area contributed by atoms with E-state index in [4.69, 9.17) is 4.74 Å². The van der Waals surface area contributed by atoms with Crippen LogP contribution in [0.2, 0.25) is 0 Å². The Labute approximate surface area is 105 Å². The molecule has 3 rings (SSSR count). The van der Waals surface area contributed by atoms with Crippen molar-refractivity contribution >= 4 is 15.9 Å². The monoisotopic (exact) mass is 280 g/mol. The van der Waals surface area contributed by atoms with Crippen molar-refractivity contribution < 1.29 is 4.74 Å². The number of alkyl halides is 1. The molecule has 1 fully saturated rings. The lowest BCUT2D eigenvalue weighted by atomic mass is 9.97. The molecule has 1 unspecified atom stereocenters. The number of hydrogen-bond acceptors (Lipinski definition) is 1. The van der Waals surface area contributed by atoms with E-state index >= 15 is 0 Å². The SMILES string of the molecule is Cc1ccc2c(c1)CC(CC1(CBr)CC1)O2. The average Bonchev–Trinajstić information content (AvgIpc) is 2.92. The van der Waals surface area contributed by atoms with Crippen LogP contribution in [0.4, 0.5) is 0 Å². The van der Waals surface area contributed by atoms with Gasteiger partial charge in [-0.3, -0.25) is 0 Å². The Hall–Kier alpha value is -0.500. The van der Waals surface area contributed by atoms with Gasteiger partial charge in [-0.25, -0.2) is 0 Å². The average molecular weight is 281 g/mol. The second-order valence-corrected chi connectivity index (χ2v) is 5.95. The molecule has 2 aliphatic rings. The van der Waals surface area contributed by atoms with Crippen molar-refractivity contribution in [1.29, 1.82) is 0 Å². The fourth-order valence-corrected chi connectivity index (χ4v) is 3.40. The molecule has 1 saturated carbocycles. The van der Waals surface area contributed by atoms with Crippen LogP contribution in [0.5, 0.6) is 5.75 Å². The van der Waals surface area contributed by atoms with E-state index in [9.17, 15) is 0 Å². The van der Waals surface area contributed by atoms with E-state index in [2.05, 4.69) is 41.1 Å². The van der Waals surface area contributed by atoms with Gasteiger partial charge in [0, 0.05) is 11.8 Å². The molecule has 2 heteroatoms. The molecule has 1 heterocycles. The first-order valence-corrected chi connectivity index (χ1v) is 7.15. The minimum Gasteiger partial charge on any atom is -0.490 e. The number of rotatable bonds is 3. The summed E-state index contributed by atoms with van der Waals surface area (Å²) < 4.78 is 6.02. The Morgan fingerprint density at radius 3 is 2.94 bits per heavy atom. The van der Waals surface area contributed by atoms with Crippen LogP contribution in [0, 0.1) is 12.3 Å². The van der Waals surface area contributed by atoms with E-state index in [-0.39, 0.29) is 0 Å². The second kappa shape index (κ2) is 3.76. The predicted molar refractivity (Wildman–Crippen MR) is 69.4 cm³/mol. The fourth-order valence-electron chi connectivity index (χ4n) is 2.62. The lowest BCUT2D eigenvalue weighted by Crippen LogP contribution is -2.19. The highest BCUT2D eigenvalue weighted by Gasteiger charge is 2.44. The smallest absolute Gasteiger partial charge is 0.123 e. The fraction of sp³-hybridized carbons (Fsp3) is 0.571. The lowest BCUT2D eigenvalue weighted by Gasteiger charge is -2.16. The maximum atomic E-state index is 6.02. The van der Waals surface area contributed by atoms with Gasteiger partial charge in [-0.15, -0.1) is 0 Å². The number of aryl methyl sites for hydroxylation is 1. The van der Waals surface area contributed by atoms with Crippen molar-refractivity contribution in [2.45, 2.75) is 38.7 Å². The van der Waals surface area contributed by atoms with Crippen LogP contribution in [-0.2, 0) is 6.42 Å². The van der Waals surface area contributed by atoms with E-state index in [1.54, 1.807) is 0 Å². The molecule has 0 radical (unpaired) electrons. The molecule has 0 aromatic heterocycles. The number of benzene rings is 1. The molecule has 0 N–H and O–H groups in total. The number of fused-ring (bicyclic) bond motifs is 1. The largest absolute Gasteiger partial charge is 0.490 e. The normalized spacial score (nSPS) is 25.0. The molecule has 1 aliphatic carbocycles. The molecule has 0 spiro atoms. The first-order valence-electron chi connectivity index (χ1n) is 6.03. The molecule has 1 aromatic rings. The number of hydrogen-bond donors (Lipinski definition) is 0. The van der Waals surface area contributed by atoms with Gasteiger partial charge in [-0.1, -0.05) is 33.6 Å². The molecule has 0 saturated heterocycles. The van der Waals surface area contributed by atoms with Gasteiger partial charge in [0.25, 0.3) is 0 Å². The predicted octanol–water partition coefficient (Wildman–Crippen LogP) is 3.86. The van der Waals surface area contributed by atoms with Crippen molar-refractivity contribution in [2.75, 3.05) is 5.33 Å². The summed E-state index contributed by atoms with van der Waals surface area (Å²) >= 11 is 3.63. The van der Waals surface area contributed by atoms with Gasteiger partial charge >= 0.3 is 0 Å². The van der Waals surface area contributed by atoms with Gasteiger partial charge < -0.3 is 4.74 Å². The van der Waals surface area contributed by atoms with Crippen LogP contribution >= 0.6 is 15.9 Å². The third-order valence-corrected chi connectivity index (χ3v) is 5.05. The molecule has 0 amide bonds. The highest BCUT2D eigenvalue weighted by molar-refractivity contribution is 9.09. The summed E-state index contributed by atoms with van der Waals surface area (Å²) in [5.41, 5.74) is 3.29. The third-order valence-electron chi connectivity index (χ3n) is 3.86. The first-order chi connectivity index (χ1) is 7.71. The van der Waals surface area contributed by atoms with Crippen molar-refractivity contribution in [1.82, 2.24) is 0 Å². The minimum absolute atomic E-state index is 0.414. The zero-order valence-corrected chi connectivity index (χ0v) is 11.2. The summed E-state index contributed by atoms with van der Waals surface area (Å²) in [7, 11) is 0. The molecule has 1 atom stereocenters. The van der Waals surface area contributed by atoms with E-state index in [1.807, 2.05) is 0 Å². The summed E-state index contributed by atoms with van der Waals surface area (Å²) in [6.07, 6.45) is 5.47. The number of ether oxygens (including phenoxy) is 1. The van der Waals surface area contributed by atoms with Crippen LogP contribution in [0.15, 0.2) is 18.2 Å². The topological polar surface area (TPSA) is 9.23 Å². The van der Waals surface area contributed by atoms with Gasteiger partial charge in [-0.2, -0.15) is 0 Å². The van der Waals surface area contributed by atoms with Crippen LogP contribution in [0.25, 0.3) is 0 Å². The molecule has 1 aromatic carbocycles. The van der Waals surface area contributed by atoms with Gasteiger partial charge in [-0.05, 0) is 43.2 Å². The Kier molecular flexibility index (Phi) is 2.50. The highest BCUT2D eigenvalue weighted by atomic mass is 79.9. The highest BCUT2D eigenvalue weighted by Crippen LogP contribution is 2.52. The van der Waals surface area contributed by atoms with E-state index in [1.165, 1.54) is 30.4 Å². The molecule has 16 heavy (non-hydrogen) atoms. The minimum atomic E-state index is 0.414. The van der Waals surface area contributed by atoms with Crippen molar-refractivity contribution in [3.05, 3.63) is 29.3 Å². The summed E-state index contributed by atoms with van der Waals surface area (Å²) in [6, 6.07) is 6.53. The zero-order valence-electron chi connectivity index (χ0n) is 9.63. The van der Waals surface area contributed by atoms with Crippen molar-refractivity contribution in [3.63, 3.8) is 0 Å². The molecule has 1 aliphatic heterocycles. The molecular weight excluding hydrogens is 264 g/mol. The summed E-state index contributed by atoms with van der Waals surface area (Å²) in [5.74, 6) is 1.11. The van der Waals surface area contributed by atoms with Crippen molar-refractivity contribution in [3.8, 4) is 5.75 Å². The second-order valence-electron chi connectivity index (χ2n) is 5.39. The lowest BCUT2D eigenvalue weighted by molar-refractivity contribution is 0.193. The standard InChI is InChI=1S/C14H17BrO/c1-10-2-3-13-11(6-10)7-12(16-13)8-14(9-15)4-5-14/h2-3,6,12H,4-5,7-9H2,1H3.